The smallest absolute Gasteiger partial charge is 0.174 e. The van der Waals surface area contributed by atoms with Gasteiger partial charge in [0, 0.05) is 10.4 Å². The van der Waals surface area contributed by atoms with Crippen molar-refractivity contribution in [2.24, 2.45) is 0 Å². The van der Waals surface area contributed by atoms with Crippen molar-refractivity contribution in [3.05, 3.63) is 63.6 Å². The Kier molecular flexibility index (Phi) is 4.11. The Balaban J connectivity index is 2.02. The molecule has 0 amide bonds. The minimum atomic E-state index is -0.0573. The lowest BCUT2D eigenvalue weighted by Crippen LogP contribution is -2.19. The van der Waals surface area contributed by atoms with Crippen LogP contribution in [0.3, 0.4) is 0 Å². The Morgan fingerprint density at radius 1 is 1.24 bits per heavy atom. The van der Waals surface area contributed by atoms with Crippen molar-refractivity contribution in [1.29, 1.82) is 0 Å². The fourth-order valence-corrected chi connectivity index (χ4v) is 3.45. The van der Waals surface area contributed by atoms with Crippen LogP contribution in [0.15, 0.2) is 46.9 Å². The van der Waals surface area contributed by atoms with E-state index in [1.165, 1.54) is 11.1 Å². The van der Waals surface area contributed by atoms with Crippen molar-refractivity contribution in [2.75, 3.05) is 7.11 Å². The van der Waals surface area contributed by atoms with Gasteiger partial charge in [0.15, 0.2) is 5.78 Å². The van der Waals surface area contributed by atoms with Gasteiger partial charge in [-0.25, -0.2) is 0 Å². The van der Waals surface area contributed by atoms with Crippen molar-refractivity contribution in [3.63, 3.8) is 0 Å². The number of carbonyl (C=O) groups excluding carboxylic acids is 1. The summed E-state index contributed by atoms with van der Waals surface area (Å²) in [6.07, 6.45) is 3.03. The number of rotatable bonds is 3. The number of halogens is 1. The predicted octanol–water partition coefficient (Wildman–Crippen LogP) is 4.76. The second-order valence-corrected chi connectivity index (χ2v) is 6.27. The summed E-state index contributed by atoms with van der Waals surface area (Å²) >= 11 is 3.44. The molecule has 1 atom stereocenters. The molecule has 1 aliphatic rings. The fraction of sp³-hybridized carbons (Fsp3) is 0.278. The van der Waals surface area contributed by atoms with Crippen LogP contribution in [-0.4, -0.2) is 12.9 Å². The van der Waals surface area contributed by atoms with Crippen LogP contribution in [-0.2, 0) is 6.42 Å². The van der Waals surface area contributed by atoms with Crippen molar-refractivity contribution < 1.29 is 9.53 Å². The van der Waals surface area contributed by atoms with E-state index in [4.69, 9.17) is 4.74 Å². The normalized spacial score (nSPS) is 17.1. The molecule has 1 unspecified atom stereocenters. The first-order chi connectivity index (χ1) is 10.2. The Morgan fingerprint density at radius 2 is 2.05 bits per heavy atom. The lowest BCUT2D eigenvalue weighted by molar-refractivity contribution is 0.0948. The van der Waals surface area contributed by atoms with E-state index in [0.29, 0.717) is 11.3 Å². The average Bonchev–Trinajstić information content (AvgIpc) is 2.53. The van der Waals surface area contributed by atoms with E-state index in [1.807, 2.05) is 30.3 Å². The molecular weight excluding hydrogens is 328 g/mol. The van der Waals surface area contributed by atoms with Gasteiger partial charge in [-0.05, 0) is 48.6 Å². The molecule has 0 saturated heterocycles. The number of aryl methyl sites for hydroxylation is 1. The van der Waals surface area contributed by atoms with Crippen LogP contribution in [0.2, 0.25) is 0 Å². The first-order valence-electron chi connectivity index (χ1n) is 7.16. The molecule has 0 bridgehead atoms. The van der Waals surface area contributed by atoms with Gasteiger partial charge >= 0.3 is 0 Å². The van der Waals surface area contributed by atoms with E-state index in [9.17, 15) is 4.79 Å². The Labute approximate surface area is 133 Å². The molecule has 0 heterocycles. The van der Waals surface area contributed by atoms with Gasteiger partial charge in [0.05, 0.1) is 12.7 Å². The minimum Gasteiger partial charge on any atom is -0.496 e. The number of Topliss-reactive ketones (excluding diaryl/α,β-unsaturated/α-hetero) is 1. The summed E-state index contributed by atoms with van der Waals surface area (Å²) in [5.74, 6) is 0.740. The molecular formula is C18H17BrO2. The maximum absolute atomic E-state index is 13.0. The second-order valence-electron chi connectivity index (χ2n) is 5.35. The molecule has 0 spiro atoms. The molecule has 2 nitrogen and oxygen atoms in total. The van der Waals surface area contributed by atoms with Gasteiger partial charge in [-0.3, -0.25) is 4.79 Å². The SMILES string of the molecule is COc1ccc(Br)cc1C(=O)C1CCCc2ccccc21. The highest BCUT2D eigenvalue weighted by atomic mass is 79.9. The molecule has 3 heteroatoms. The largest absolute Gasteiger partial charge is 0.496 e. The van der Waals surface area contributed by atoms with Crippen LogP contribution in [0.4, 0.5) is 0 Å². The third-order valence-corrected chi connectivity index (χ3v) is 4.61. The zero-order chi connectivity index (χ0) is 14.8. The van der Waals surface area contributed by atoms with Crippen LogP contribution < -0.4 is 4.74 Å². The third kappa shape index (κ3) is 2.75. The van der Waals surface area contributed by atoms with Crippen molar-refractivity contribution >= 4 is 21.7 Å². The van der Waals surface area contributed by atoms with E-state index in [-0.39, 0.29) is 11.7 Å². The van der Waals surface area contributed by atoms with Crippen molar-refractivity contribution in [3.8, 4) is 5.75 Å². The van der Waals surface area contributed by atoms with E-state index in [0.717, 1.165) is 23.7 Å². The number of methoxy groups -OCH3 is 1. The number of fused-ring (bicyclic) bond motifs is 1. The first-order valence-corrected chi connectivity index (χ1v) is 7.95. The lowest BCUT2D eigenvalue weighted by Gasteiger charge is -2.25. The highest BCUT2D eigenvalue weighted by Crippen LogP contribution is 2.36. The quantitative estimate of drug-likeness (QED) is 0.750. The maximum Gasteiger partial charge on any atom is 0.174 e. The summed E-state index contributed by atoms with van der Waals surface area (Å²) in [6.45, 7) is 0. The average molecular weight is 345 g/mol. The van der Waals surface area contributed by atoms with Gasteiger partial charge in [-0.15, -0.1) is 0 Å². The van der Waals surface area contributed by atoms with Gasteiger partial charge < -0.3 is 4.74 Å². The number of ether oxygens (including phenoxy) is 1. The number of hydrogen-bond acceptors (Lipinski definition) is 2. The first kappa shape index (κ1) is 14.3. The summed E-state index contributed by atoms with van der Waals surface area (Å²) in [4.78, 5) is 13.0. The fourth-order valence-electron chi connectivity index (χ4n) is 3.09. The van der Waals surface area contributed by atoms with Gasteiger partial charge in [0.1, 0.15) is 5.75 Å². The molecule has 0 aliphatic heterocycles. The molecule has 108 valence electrons. The van der Waals surface area contributed by atoms with Gasteiger partial charge in [0.2, 0.25) is 0 Å². The molecule has 3 rings (SSSR count). The summed E-state index contributed by atoms with van der Waals surface area (Å²) in [5, 5.41) is 0. The van der Waals surface area contributed by atoms with Crippen LogP contribution in [0, 0.1) is 0 Å². The minimum absolute atomic E-state index is 0.0573. The highest BCUT2D eigenvalue weighted by Gasteiger charge is 2.28. The summed E-state index contributed by atoms with van der Waals surface area (Å²) in [7, 11) is 1.61. The summed E-state index contributed by atoms with van der Waals surface area (Å²) in [6, 6.07) is 13.9. The second kappa shape index (κ2) is 6.02. The third-order valence-electron chi connectivity index (χ3n) is 4.11. The highest BCUT2D eigenvalue weighted by molar-refractivity contribution is 9.10. The van der Waals surface area contributed by atoms with E-state index < -0.39 is 0 Å². The molecule has 0 fully saturated rings. The van der Waals surface area contributed by atoms with Crippen LogP contribution in [0.25, 0.3) is 0 Å². The van der Waals surface area contributed by atoms with Crippen LogP contribution in [0.1, 0.15) is 40.2 Å². The molecule has 21 heavy (non-hydrogen) atoms. The Bertz CT molecular complexity index is 679. The zero-order valence-corrected chi connectivity index (χ0v) is 13.5. The van der Waals surface area contributed by atoms with Gasteiger partial charge in [-0.2, -0.15) is 0 Å². The van der Waals surface area contributed by atoms with E-state index in [2.05, 4.69) is 28.1 Å². The van der Waals surface area contributed by atoms with Crippen LogP contribution >= 0.6 is 15.9 Å². The molecule has 1 aliphatic carbocycles. The molecule has 0 saturated carbocycles. The van der Waals surface area contributed by atoms with E-state index >= 15 is 0 Å². The number of ketones is 1. The molecule has 2 aromatic rings. The van der Waals surface area contributed by atoms with Gasteiger partial charge in [0.25, 0.3) is 0 Å². The topological polar surface area (TPSA) is 26.3 Å². The van der Waals surface area contributed by atoms with E-state index in [1.54, 1.807) is 7.11 Å². The van der Waals surface area contributed by atoms with Crippen molar-refractivity contribution in [2.45, 2.75) is 25.2 Å². The lowest BCUT2D eigenvalue weighted by atomic mass is 9.79. The predicted molar refractivity (Wildman–Crippen MR) is 87.1 cm³/mol. The summed E-state index contributed by atoms with van der Waals surface area (Å²) < 4.78 is 6.26. The van der Waals surface area contributed by atoms with Gasteiger partial charge in [-0.1, -0.05) is 40.2 Å². The number of benzene rings is 2. The van der Waals surface area contributed by atoms with Crippen LogP contribution in [0.5, 0.6) is 5.75 Å². The molecule has 0 aromatic heterocycles. The monoisotopic (exact) mass is 344 g/mol. The number of hydrogen-bond donors (Lipinski definition) is 0. The Hall–Kier alpha value is -1.61. The molecule has 0 radical (unpaired) electrons. The zero-order valence-electron chi connectivity index (χ0n) is 11.9. The standard InChI is InChI=1S/C18H17BrO2/c1-21-17-10-9-13(19)11-16(17)18(20)15-8-4-6-12-5-2-3-7-14(12)15/h2-3,5,7,9-11,15H,4,6,8H2,1H3. The molecule has 2 aromatic carbocycles. The summed E-state index contributed by atoms with van der Waals surface area (Å²) in [5.41, 5.74) is 3.14. The Morgan fingerprint density at radius 3 is 2.86 bits per heavy atom. The maximum atomic E-state index is 13.0. The number of carbonyl (C=O) groups is 1. The molecule has 0 N–H and O–H groups in total. The van der Waals surface area contributed by atoms with Crippen molar-refractivity contribution in [1.82, 2.24) is 0 Å².